The zero-order chi connectivity index (χ0) is 13.1. The highest BCUT2D eigenvalue weighted by Gasteiger charge is 2.19. The first-order chi connectivity index (χ1) is 9.31. The second-order valence-electron chi connectivity index (χ2n) is 5.54. The van der Waals surface area contributed by atoms with Gasteiger partial charge < -0.3 is 9.88 Å². The monoisotopic (exact) mass is 255 g/mol. The van der Waals surface area contributed by atoms with Crippen LogP contribution in [0.1, 0.15) is 24.5 Å². The van der Waals surface area contributed by atoms with Crippen LogP contribution in [0.4, 0.5) is 0 Å². The SMILES string of the molecule is C[C@@H](Cn1ccnc1)N[C@@H]1CCc2ccccc2C1. The molecular formula is C16H21N3. The molecule has 3 rings (SSSR count). The van der Waals surface area contributed by atoms with Gasteiger partial charge in [0.15, 0.2) is 0 Å². The van der Waals surface area contributed by atoms with Crippen molar-refractivity contribution in [1.82, 2.24) is 14.9 Å². The predicted molar refractivity (Wildman–Crippen MR) is 77.1 cm³/mol. The van der Waals surface area contributed by atoms with Crippen LogP contribution in [0.15, 0.2) is 43.0 Å². The van der Waals surface area contributed by atoms with Crippen LogP contribution in [-0.2, 0) is 19.4 Å². The van der Waals surface area contributed by atoms with Gasteiger partial charge in [0.1, 0.15) is 0 Å². The highest BCUT2D eigenvalue weighted by Crippen LogP contribution is 2.21. The van der Waals surface area contributed by atoms with Gasteiger partial charge in [0.2, 0.25) is 0 Å². The van der Waals surface area contributed by atoms with Crippen molar-refractivity contribution in [3.8, 4) is 0 Å². The average molecular weight is 255 g/mol. The van der Waals surface area contributed by atoms with Gasteiger partial charge in [-0.2, -0.15) is 0 Å². The van der Waals surface area contributed by atoms with Gasteiger partial charge >= 0.3 is 0 Å². The van der Waals surface area contributed by atoms with E-state index in [1.165, 1.54) is 24.0 Å². The number of aromatic nitrogens is 2. The van der Waals surface area contributed by atoms with Crippen molar-refractivity contribution in [3.05, 3.63) is 54.1 Å². The van der Waals surface area contributed by atoms with E-state index in [0.717, 1.165) is 13.0 Å². The van der Waals surface area contributed by atoms with E-state index in [0.29, 0.717) is 12.1 Å². The van der Waals surface area contributed by atoms with Gasteiger partial charge in [-0.15, -0.1) is 0 Å². The molecule has 1 aliphatic rings. The summed E-state index contributed by atoms with van der Waals surface area (Å²) in [6.45, 7) is 3.23. The third-order valence-corrected chi connectivity index (χ3v) is 3.91. The number of fused-ring (bicyclic) bond motifs is 1. The standard InChI is InChI=1S/C16H21N3/c1-13(11-19-9-8-17-12-19)18-16-7-6-14-4-2-3-5-15(14)10-16/h2-5,8-9,12-13,16,18H,6-7,10-11H2,1H3/t13-,16+/m0/s1. The molecule has 3 nitrogen and oxygen atoms in total. The van der Waals surface area contributed by atoms with E-state index >= 15 is 0 Å². The normalized spacial score (nSPS) is 19.9. The molecule has 0 aliphatic heterocycles. The van der Waals surface area contributed by atoms with Gasteiger partial charge in [-0.1, -0.05) is 24.3 Å². The molecular weight excluding hydrogens is 234 g/mol. The average Bonchev–Trinajstić information content (AvgIpc) is 2.91. The Morgan fingerprint density at radius 2 is 2.21 bits per heavy atom. The number of imidazole rings is 1. The van der Waals surface area contributed by atoms with Gasteiger partial charge in [-0.25, -0.2) is 4.98 Å². The Hall–Kier alpha value is -1.61. The molecule has 1 aromatic heterocycles. The number of benzene rings is 1. The Kier molecular flexibility index (Phi) is 3.65. The fourth-order valence-electron chi connectivity index (χ4n) is 3.01. The summed E-state index contributed by atoms with van der Waals surface area (Å²) in [7, 11) is 0. The lowest BCUT2D eigenvalue weighted by atomic mass is 9.88. The largest absolute Gasteiger partial charge is 0.336 e. The third kappa shape index (κ3) is 3.04. The van der Waals surface area contributed by atoms with Crippen molar-refractivity contribution in [2.45, 2.75) is 44.8 Å². The van der Waals surface area contributed by atoms with Gasteiger partial charge in [-0.3, -0.25) is 0 Å². The van der Waals surface area contributed by atoms with Crippen LogP contribution in [-0.4, -0.2) is 21.6 Å². The fraction of sp³-hybridized carbons (Fsp3) is 0.438. The molecule has 19 heavy (non-hydrogen) atoms. The molecule has 0 spiro atoms. The quantitative estimate of drug-likeness (QED) is 0.909. The highest BCUT2D eigenvalue weighted by atomic mass is 15.1. The molecule has 0 amide bonds. The van der Waals surface area contributed by atoms with Crippen molar-refractivity contribution in [2.75, 3.05) is 0 Å². The summed E-state index contributed by atoms with van der Waals surface area (Å²) in [5.41, 5.74) is 3.05. The van der Waals surface area contributed by atoms with Gasteiger partial charge in [-0.05, 0) is 37.3 Å². The van der Waals surface area contributed by atoms with E-state index in [9.17, 15) is 0 Å². The van der Waals surface area contributed by atoms with Crippen LogP contribution < -0.4 is 5.32 Å². The van der Waals surface area contributed by atoms with Crippen molar-refractivity contribution >= 4 is 0 Å². The maximum absolute atomic E-state index is 4.09. The van der Waals surface area contributed by atoms with Crippen LogP contribution >= 0.6 is 0 Å². The smallest absolute Gasteiger partial charge is 0.0946 e. The lowest BCUT2D eigenvalue weighted by Crippen LogP contribution is -2.42. The fourth-order valence-corrected chi connectivity index (χ4v) is 3.01. The number of nitrogens with one attached hydrogen (secondary N) is 1. The number of nitrogens with zero attached hydrogens (tertiary/aromatic N) is 2. The first kappa shape index (κ1) is 12.4. The van der Waals surface area contributed by atoms with Crippen molar-refractivity contribution in [1.29, 1.82) is 0 Å². The molecule has 2 atom stereocenters. The molecule has 1 aromatic carbocycles. The molecule has 0 unspecified atom stereocenters. The molecule has 2 aromatic rings. The van der Waals surface area contributed by atoms with E-state index in [1.807, 2.05) is 18.7 Å². The second kappa shape index (κ2) is 5.57. The first-order valence-electron chi connectivity index (χ1n) is 7.10. The number of rotatable bonds is 4. The molecule has 0 saturated carbocycles. The molecule has 0 saturated heterocycles. The molecule has 1 N–H and O–H groups in total. The molecule has 1 heterocycles. The number of hydrogen-bond acceptors (Lipinski definition) is 2. The number of hydrogen-bond donors (Lipinski definition) is 1. The van der Waals surface area contributed by atoms with Gasteiger partial charge in [0.25, 0.3) is 0 Å². The predicted octanol–water partition coefficient (Wildman–Crippen LogP) is 2.42. The van der Waals surface area contributed by atoms with Crippen molar-refractivity contribution in [2.24, 2.45) is 0 Å². The van der Waals surface area contributed by atoms with Gasteiger partial charge in [0.05, 0.1) is 6.33 Å². The summed E-state index contributed by atoms with van der Waals surface area (Å²) < 4.78 is 2.13. The van der Waals surface area contributed by atoms with E-state index in [4.69, 9.17) is 0 Å². The van der Waals surface area contributed by atoms with Crippen LogP contribution in [0.25, 0.3) is 0 Å². The van der Waals surface area contributed by atoms with E-state index in [2.05, 4.69) is 46.1 Å². The molecule has 0 fully saturated rings. The summed E-state index contributed by atoms with van der Waals surface area (Å²) >= 11 is 0. The summed E-state index contributed by atoms with van der Waals surface area (Å²) in [5.74, 6) is 0. The molecule has 1 aliphatic carbocycles. The number of aryl methyl sites for hydroxylation is 1. The topological polar surface area (TPSA) is 29.9 Å². The Morgan fingerprint density at radius 3 is 3.00 bits per heavy atom. The minimum absolute atomic E-state index is 0.476. The van der Waals surface area contributed by atoms with E-state index in [1.54, 1.807) is 0 Å². The molecule has 100 valence electrons. The van der Waals surface area contributed by atoms with Gasteiger partial charge in [0, 0.05) is 31.0 Å². The first-order valence-corrected chi connectivity index (χ1v) is 7.10. The third-order valence-electron chi connectivity index (χ3n) is 3.91. The van der Waals surface area contributed by atoms with E-state index < -0.39 is 0 Å². The Labute approximate surface area is 114 Å². The van der Waals surface area contributed by atoms with Crippen LogP contribution in [0.5, 0.6) is 0 Å². The maximum Gasteiger partial charge on any atom is 0.0946 e. The maximum atomic E-state index is 4.09. The molecule has 0 radical (unpaired) electrons. The highest BCUT2D eigenvalue weighted by molar-refractivity contribution is 5.30. The minimum atomic E-state index is 0.476. The second-order valence-corrected chi connectivity index (χ2v) is 5.54. The summed E-state index contributed by atoms with van der Waals surface area (Å²) in [6, 6.07) is 9.91. The Balaban J connectivity index is 1.57. The van der Waals surface area contributed by atoms with Crippen LogP contribution in [0.3, 0.4) is 0 Å². The Morgan fingerprint density at radius 1 is 1.37 bits per heavy atom. The summed E-state index contributed by atoms with van der Waals surface area (Å²) in [6.07, 6.45) is 9.34. The van der Waals surface area contributed by atoms with Crippen molar-refractivity contribution < 1.29 is 0 Å². The zero-order valence-corrected chi connectivity index (χ0v) is 11.4. The summed E-state index contributed by atoms with van der Waals surface area (Å²) in [5, 5.41) is 3.75. The summed E-state index contributed by atoms with van der Waals surface area (Å²) in [4.78, 5) is 4.09. The minimum Gasteiger partial charge on any atom is -0.336 e. The molecule has 0 bridgehead atoms. The van der Waals surface area contributed by atoms with E-state index in [-0.39, 0.29) is 0 Å². The lowest BCUT2D eigenvalue weighted by molar-refractivity contribution is 0.379. The Bertz CT molecular complexity index is 519. The van der Waals surface area contributed by atoms with Crippen LogP contribution in [0.2, 0.25) is 0 Å². The zero-order valence-electron chi connectivity index (χ0n) is 11.4. The van der Waals surface area contributed by atoms with Crippen LogP contribution in [0, 0.1) is 0 Å². The van der Waals surface area contributed by atoms with Crippen molar-refractivity contribution in [3.63, 3.8) is 0 Å². The molecule has 3 heteroatoms. The lowest BCUT2D eigenvalue weighted by Gasteiger charge is -2.28.